The molecule has 0 aromatic heterocycles. The van der Waals surface area contributed by atoms with Gasteiger partial charge in [-0.05, 0) is 99.4 Å². The number of fused-ring (bicyclic) bond motifs is 3. The first-order chi connectivity index (χ1) is 24.1. The molecule has 0 aliphatic carbocycles. The molecular formula is C48H42Si2. The Morgan fingerprint density at radius 3 is 1.42 bits per heavy atom. The number of hydrogen-bond acceptors (Lipinski definition) is 0. The molecular weight excluding hydrogens is 633 g/mol. The zero-order valence-electron chi connectivity index (χ0n) is 29.9. The summed E-state index contributed by atoms with van der Waals surface area (Å²) < 4.78 is 0. The molecule has 0 nitrogen and oxygen atoms in total. The average Bonchev–Trinajstić information content (AvgIpc) is 3.12. The van der Waals surface area contributed by atoms with Crippen molar-refractivity contribution in [1.29, 1.82) is 0 Å². The maximum Gasteiger partial charge on any atom is 0.0775 e. The van der Waals surface area contributed by atoms with Crippen molar-refractivity contribution in [3.8, 4) is 33.4 Å². The molecule has 9 aromatic rings. The van der Waals surface area contributed by atoms with Gasteiger partial charge in [0.25, 0.3) is 0 Å². The SMILES string of the molecule is C[Si](C)(C)c1ccc(-c2ccc3ccc4c(-c5ccc([Si](C)(C)C)cc5)cc(-c5cc6ccccc6c6ccccc56)c5ccc2c3c45)cc1. The van der Waals surface area contributed by atoms with Crippen LogP contribution in [0.25, 0.3) is 87.2 Å². The fourth-order valence-corrected chi connectivity index (χ4v) is 10.5. The highest BCUT2D eigenvalue weighted by Gasteiger charge is 2.22. The van der Waals surface area contributed by atoms with Crippen molar-refractivity contribution in [1.82, 2.24) is 0 Å². The van der Waals surface area contributed by atoms with Crippen molar-refractivity contribution in [2.75, 3.05) is 0 Å². The van der Waals surface area contributed by atoms with Crippen molar-refractivity contribution in [3.05, 3.63) is 146 Å². The minimum Gasteiger partial charge on any atom is -0.0656 e. The molecule has 2 heteroatoms. The molecule has 0 unspecified atom stereocenters. The Bertz CT molecular complexity index is 2740. The van der Waals surface area contributed by atoms with E-state index in [4.69, 9.17) is 0 Å². The van der Waals surface area contributed by atoms with E-state index < -0.39 is 16.1 Å². The first-order valence-electron chi connectivity index (χ1n) is 17.9. The number of rotatable bonds is 5. The summed E-state index contributed by atoms with van der Waals surface area (Å²) in [7, 11) is -2.82. The molecule has 0 spiro atoms. The Kier molecular flexibility index (Phi) is 6.97. The third-order valence-corrected chi connectivity index (χ3v) is 15.1. The van der Waals surface area contributed by atoms with Gasteiger partial charge in [-0.25, -0.2) is 0 Å². The van der Waals surface area contributed by atoms with Crippen molar-refractivity contribution in [2.24, 2.45) is 0 Å². The van der Waals surface area contributed by atoms with E-state index in [9.17, 15) is 0 Å². The van der Waals surface area contributed by atoms with Gasteiger partial charge < -0.3 is 0 Å². The van der Waals surface area contributed by atoms with Crippen molar-refractivity contribution >= 4 is 80.4 Å². The summed E-state index contributed by atoms with van der Waals surface area (Å²) in [6.45, 7) is 14.5. The lowest BCUT2D eigenvalue weighted by atomic mass is 9.83. The van der Waals surface area contributed by atoms with Crippen molar-refractivity contribution < 1.29 is 0 Å². The van der Waals surface area contributed by atoms with E-state index in [2.05, 4.69) is 185 Å². The molecule has 0 N–H and O–H groups in total. The summed E-state index contributed by atoms with van der Waals surface area (Å²) in [6.07, 6.45) is 0. The van der Waals surface area contributed by atoms with Gasteiger partial charge in [0.1, 0.15) is 0 Å². The van der Waals surface area contributed by atoms with Gasteiger partial charge in [-0.3, -0.25) is 0 Å². The Morgan fingerprint density at radius 1 is 0.300 bits per heavy atom. The van der Waals surface area contributed by atoms with Gasteiger partial charge in [0.15, 0.2) is 0 Å². The van der Waals surface area contributed by atoms with Crippen LogP contribution in [0.1, 0.15) is 0 Å². The highest BCUT2D eigenvalue weighted by Crippen LogP contribution is 2.47. The van der Waals surface area contributed by atoms with Crippen molar-refractivity contribution in [2.45, 2.75) is 39.3 Å². The number of hydrogen-bond donors (Lipinski definition) is 0. The van der Waals surface area contributed by atoms with Crippen LogP contribution in [0, 0.1) is 0 Å². The topological polar surface area (TPSA) is 0 Å². The summed E-state index contributed by atoms with van der Waals surface area (Å²) in [5.74, 6) is 0. The third-order valence-electron chi connectivity index (χ3n) is 11.0. The molecule has 0 saturated carbocycles. The highest BCUT2D eigenvalue weighted by molar-refractivity contribution is 6.89. The molecule has 50 heavy (non-hydrogen) atoms. The van der Waals surface area contributed by atoms with Crippen LogP contribution in [0.15, 0.2) is 146 Å². The molecule has 9 rings (SSSR count). The van der Waals surface area contributed by atoms with Crippen LogP contribution >= 0.6 is 0 Å². The fourth-order valence-electron chi connectivity index (χ4n) is 8.19. The second-order valence-electron chi connectivity index (χ2n) is 16.2. The number of benzene rings is 9. The minimum atomic E-state index is -1.43. The fraction of sp³-hybridized carbons (Fsp3) is 0.125. The molecule has 242 valence electrons. The van der Waals surface area contributed by atoms with Crippen LogP contribution in [0.4, 0.5) is 0 Å². The van der Waals surface area contributed by atoms with Gasteiger partial charge in [0.2, 0.25) is 0 Å². The predicted octanol–water partition coefficient (Wildman–Crippen LogP) is 13.0. The molecule has 0 bridgehead atoms. The van der Waals surface area contributed by atoms with Gasteiger partial charge in [0.05, 0.1) is 16.1 Å². The molecule has 0 aliphatic heterocycles. The summed E-state index contributed by atoms with van der Waals surface area (Å²) in [5, 5.41) is 16.1. The van der Waals surface area contributed by atoms with Crippen LogP contribution in [0.5, 0.6) is 0 Å². The first kappa shape index (κ1) is 31.0. The first-order valence-corrected chi connectivity index (χ1v) is 24.9. The quantitative estimate of drug-likeness (QED) is 0.126. The van der Waals surface area contributed by atoms with E-state index in [0.717, 1.165) is 0 Å². The largest absolute Gasteiger partial charge is 0.0775 e. The zero-order valence-corrected chi connectivity index (χ0v) is 31.9. The molecule has 9 aromatic carbocycles. The molecule has 0 heterocycles. The second-order valence-corrected chi connectivity index (χ2v) is 26.3. The van der Waals surface area contributed by atoms with Gasteiger partial charge in [-0.2, -0.15) is 0 Å². The molecule has 0 atom stereocenters. The van der Waals surface area contributed by atoms with E-state index in [0.29, 0.717) is 0 Å². The van der Waals surface area contributed by atoms with Crippen molar-refractivity contribution in [3.63, 3.8) is 0 Å². The van der Waals surface area contributed by atoms with Gasteiger partial charge >= 0.3 is 0 Å². The Morgan fingerprint density at radius 2 is 0.780 bits per heavy atom. The lowest BCUT2D eigenvalue weighted by molar-refractivity contribution is 1.64. The zero-order chi connectivity index (χ0) is 34.4. The van der Waals surface area contributed by atoms with Crippen LogP contribution in [0.2, 0.25) is 39.3 Å². The van der Waals surface area contributed by atoms with E-state index in [1.807, 2.05) is 0 Å². The van der Waals surface area contributed by atoms with Crippen LogP contribution in [-0.4, -0.2) is 16.1 Å². The van der Waals surface area contributed by atoms with Gasteiger partial charge in [0, 0.05) is 0 Å². The molecule has 0 amide bonds. The predicted molar refractivity (Wildman–Crippen MR) is 227 cm³/mol. The average molecular weight is 675 g/mol. The summed E-state index contributed by atoms with van der Waals surface area (Å²) in [5.41, 5.74) is 7.75. The second kappa shape index (κ2) is 11.2. The molecule has 0 aliphatic rings. The Labute approximate surface area is 297 Å². The van der Waals surface area contributed by atoms with Crippen LogP contribution < -0.4 is 10.4 Å². The normalized spacial score (nSPS) is 12.6. The lowest BCUT2D eigenvalue weighted by Crippen LogP contribution is -2.37. The Hall–Kier alpha value is -5.03. The maximum absolute atomic E-state index is 2.48. The maximum atomic E-state index is 2.48. The van der Waals surface area contributed by atoms with Gasteiger partial charge in [-0.15, -0.1) is 0 Å². The monoisotopic (exact) mass is 674 g/mol. The molecule has 0 saturated heterocycles. The van der Waals surface area contributed by atoms with Crippen LogP contribution in [-0.2, 0) is 0 Å². The van der Waals surface area contributed by atoms with E-state index in [-0.39, 0.29) is 0 Å². The summed E-state index contributed by atoms with van der Waals surface area (Å²) in [6, 6.07) is 55.8. The van der Waals surface area contributed by atoms with Crippen LogP contribution in [0.3, 0.4) is 0 Å². The Balaban J connectivity index is 1.39. The smallest absolute Gasteiger partial charge is 0.0656 e. The summed E-state index contributed by atoms with van der Waals surface area (Å²) in [4.78, 5) is 0. The molecule has 0 radical (unpaired) electrons. The lowest BCUT2D eigenvalue weighted by Gasteiger charge is -2.21. The third kappa shape index (κ3) is 4.93. The minimum absolute atomic E-state index is 1.27. The summed E-state index contributed by atoms with van der Waals surface area (Å²) >= 11 is 0. The van der Waals surface area contributed by atoms with Gasteiger partial charge in [-0.1, -0.05) is 183 Å². The van der Waals surface area contributed by atoms with E-state index >= 15 is 0 Å². The van der Waals surface area contributed by atoms with E-state index in [1.165, 1.54) is 97.6 Å². The molecule has 0 fully saturated rings. The highest BCUT2D eigenvalue weighted by atomic mass is 28.3. The standard InChI is InChI=1S/C48H42Si2/c1-49(2,3)35-21-15-31(16-22-35)38-25-19-33-20-26-42-44(32-17-23-36(24-18-32)50(4,5)6)30-46(43-28-27-41(38)47(33)48(42)43)45-29-34-11-7-8-12-37(34)39-13-9-10-14-40(39)45/h7-30H,1-6H3. The van der Waals surface area contributed by atoms with E-state index in [1.54, 1.807) is 0 Å².